The summed E-state index contributed by atoms with van der Waals surface area (Å²) in [5.74, 6) is -6.05. The van der Waals surface area contributed by atoms with E-state index >= 15 is 0 Å². The first-order valence-corrected chi connectivity index (χ1v) is 6.21. The Labute approximate surface area is 120 Å². The van der Waals surface area contributed by atoms with E-state index in [-0.39, 0.29) is 16.5 Å². The Balaban J connectivity index is 2.53. The monoisotopic (exact) mass is 316 g/mol. The van der Waals surface area contributed by atoms with Crippen LogP contribution < -0.4 is 0 Å². The molecule has 4 nitrogen and oxygen atoms in total. The molecule has 0 saturated carbocycles. The number of hydrogen-bond donors (Lipinski definition) is 1. The Kier molecular flexibility index (Phi) is 2.90. The molecule has 0 bridgehead atoms. The lowest BCUT2D eigenvalue weighted by atomic mass is 10.2. The number of H-pyrrole nitrogens is 1. The van der Waals surface area contributed by atoms with Crippen LogP contribution in [0.3, 0.4) is 0 Å². The van der Waals surface area contributed by atoms with Crippen molar-refractivity contribution in [1.82, 2.24) is 19.3 Å². The highest BCUT2D eigenvalue weighted by atomic mass is 32.1. The van der Waals surface area contributed by atoms with Crippen molar-refractivity contribution in [3.05, 3.63) is 39.8 Å². The van der Waals surface area contributed by atoms with Gasteiger partial charge in [0.05, 0.1) is 5.69 Å². The molecule has 1 N–H and O–H groups in total. The van der Waals surface area contributed by atoms with Crippen molar-refractivity contribution in [2.45, 2.75) is 6.92 Å². The Morgan fingerprint density at radius 1 is 1.14 bits per heavy atom. The van der Waals surface area contributed by atoms with Crippen LogP contribution in [0.2, 0.25) is 0 Å². The summed E-state index contributed by atoms with van der Waals surface area (Å²) in [6.07, 6.45) is 0. The van der Waals surface area contributed by atoms with Crippen LogP contribution in [0.25, 0.3) is 16.9 Å². The summed E-state index contributed by atoms with van der Waals surface area (Å²) in [5.41, 5.74) is 0.271. The molecule has 21 heavy (non-hydrogen) atoms. The standard InChI is InChI=1S/C12H8F4N4S/c1-4-9-11(19(2)18-4)20(12(21)17-9)10-7(15)5(13)3-6(14)8(10)16/h3H,1-2H3,(H,17,21). The molecular formula is C12H8F4N4S. The number of nitrogens with one attached hydrogen (secondary N) is 1. The molecule has 3 aromatic rings. The molecule has 0 aliphatic heterocycles. The van der Waals surface area contributed by atoms with E-state index in [4.69, 9.17) is 12.2 Å². The summed E-state index contributed by atoms with van der Waals surface area (Å²) in [4.78, 5) is 2.72. The predicted octanol–water partition coefficient (Wildman–Crippen LogP) is 3.29. The van der Waals surface area contributed by atoms with E-state index in [0.29, 0.717) is 11.2 Å². The number of aromatic nitrogens is 4. The van der Waals surface area contributed by atoms with Crippen LogP contribution in [0, 0.1) is 35.0 Å². The zero-order chi connectivity index (χ0) is 15.5. The van der Waals surface area contributed by atoms with Gasteiger partial charge in [-0.3, -0.25) is 4.57 Å². The minimum absolute atomic E-state index is 0.0936. The van der Waals surface area contributed by atoms with Gasteiger partial charge in [0.2, 0.25) is 0 Å². The maximum atomic E-state index is 14.0. The lowest BCUT2D eigenvalue weighted by Crippen LogP contribution is -2.08. The van der Waals surface area contributed by atoms with E-state index in [2.05, 4.69) is 10.1 Å². The molecule has 0 fully saturated rings. The summed E-state index contributed by atoms with van der Waals surface area (Å²) < 4.78 is 56.8. The molecule has 0 aliphatic carbocycles. The number of nitrogens with zero attached hydrogens (tertiary/aromatic N) is 3. The van der Waals surface area contributed by atoms with Gasteiger partial charge in [-0.25, -0.2) is 22.2 Å². The van der Waals surface area contributed by atoms with E-state index in [1.54, 1.807) is 6.92 Å². The third-order valence-corrected chi connectivity index (χ3v) is 3.44. The zero-order valence-corrected chi connectivity index (χ0v) is 11.7. The summed E-state index contributed by atoms with van der Waals surface area (Å²) in [5, 5.41) is 4.07. The van der Waals surface area contributed by atoms with E-state index in [1.165, 1.54) is 11.7 Å². The highest BCUT2D eigenvalue weighted by Crippen LogP contribution is 2.28. The van der Waals surface area contributed by atoms with Gasteiger partial charge in [-0.2, -0.15) is 5.10 Å². The zero-order valence-electron chi connectivity index (χ0n) is 10.8. The molecule has 0 atom stereocenters. The van der Waals surface area contributed by atoms with Crippen LogP contribution in [-0.4, -0.2) is 19.3 Å². The minimum Gasteiger partial charge on any atom is -0.327 e. The fourth-order valence-corrected chi connectivity index (χ4v) is 2.55. The lowest BCUT2D eigenvalue weighted by Gasteiger charge is -2.09. The molecule has 110 valence electrons. The number of imidazole rings is 1. The normalized spacial score (nSPS) is 11.5. The summed E-state index contributed by atoms with van der Waals surface area (Å²) in [6, 6.07) is 0.149. The van der Waals surface area contributed by atoms with Gasteiger partial charge in [-0.1, -0.05) is 0 Å². The third kappa shape index (κ3) is 1.80. The number of aromatic amines is 1. The Morgan fingerprint density at radius 3 is 2.29 bits per heavy atom. The topological polar surface area (TPSA) is 38.5 Å². The van der Waals surface area contributed by atoms with Crippen molar-refractivity contribution < 1.29 is 17.6 Å². The molecule has 0 unspecified atom stereocenters. The average Bonchev–Trinajstić information content (AvgIpc) is 2.87. The molecular weight excluding hydrogens is 308 g/mol. The predicted molar refractivity (Wildman–Crippen MR) is 69.8 cm³/mol. The van der Waals surface area contributed by atoms with Crippen LogP contribution in [0.15, 0.2) is 6.07 Å². The SMILES string of the molecule is Cc1nn(C)c2c1[nH]c(=S)n2-c1c(F)c(F)cc(F)c1F. The largest absolute Gasteiger partial charge is 0.327 e. The van der Waals surface area contributed by atoms with Gasteiger partial charge in [0, 0.05) is 13.1 Å². The van der Waals surface area contributed by atoms with E-state index < -0.39 is 29.0 Å². The first-order valence-electron chi connectivity index (χ1n) is 5.80. The number of halogens is 4. The quantitative estimate of drug-likeness (QED) is 0.425. The highest BCUT2D eigenvalue weighted by molar-refractivity contribution is 7.71. The molecule has 0 amide bonds. The van der Waals surface area contributed by atoms with Crippen LogP contribution in [0.4, 0.5) is 17.6 Å². The van der Waals surface area contributed by atoms with Crippen molar-refractivity contribution in [3.8, 4) is 5.69 Å². The molecule has 0 radical (unpaired) electrons. The van der Waals surface area contributed by atoms with Crippen molar-refractivity contribution in [3.63, 3.8) is 0 Å². The van der Waals surface area contributed by atoms with Gasteiger partial charge in [0.15, 0.2) is 33.7 Å². The first-order chi connectivity index (χ1) is 9.82. The Hall–Kier alpha value is -2.16. The minimum atomic E-state index is -1.52. The number of benzene rings is 1. The fourth-order valence-electron chi connectivity index (χ4n) is 2.27. The number of aryl methyl sites for hydroxylation is 2. The second kappa shape index (κ2) is 4.42. The maximum absolute atomic E-state index is 14.0. The molecule has 3 rings (SSSR count). The summed E-state index contributed by atoms with van der Waals surface area (Å²) in [7, 11) is 1.53. The second-order valence-electron chi connectivity index (χ2n) is 4.49. The van der Waals surface area contributed by atoms with Crippen LogP contribution in [0.1, 0.15) is 5.69 Å². The van der Waals surface area contributed by atoms with E-state index in [9.17, 15) is 17.6 Å². The molecule has 0 spiro atoms. The van der Waals surface area contributed by atoms with E-state index in [1.807, 2.05) is 0 Å². The molecule has 2 aromatic heterocycles. The van der Waals surface area contributed by atoms with E-state index in [0.717, 1.165) is 4.57 Å². The molecule has 1 aromatic carbocycles. The van der Waals surface area contributed by atoms with Gasteiger partial charge in [-0.05, 0) is 19.1 Å². The van der Waals surface area contributed by atoms with Gasteiger partial charge in [0.25, 0.3) is 0 Å². The second-order valence-corrected chi connectivity index (χ2v) is 4.88. The molecule has 0 aliphatic rings. The van der Waals surface area contributed by atoms with Crippen molar-refractivity contribution in [2.75, 3.05) is 0 Å². The third-order valence-electron chi connectivity index (χ3n) is 3.15. The molecule has 0 saturated heterocycles. The van der Waals surface area contributed by atoms with Crippen LogP contribution in [-0.2, 0) is 7.05 Å². The highest BCUT2D eigenvalue weighted by Gasteiger charge is 2.24. The molecule has 2 heterocycles. The van der Waals surface area contributed by atoms with Crippen LogP contribution >= 0.6 is 12.2 Å². The number of rotatable bonds is 1. The fraction of sp³-hybridized carbons (Fsp3) is 0.167. The van der Waals surface area contributed by atoms with Gasteiger partial charge < -0.3 is 4.98 Å². The van der Waals surface area contributed by atoms with Crippen molar-refractivity contribution >= 4 is 23.4 Å². The van der Waals surface area contributed by atoms with Crippen molar-refractivity contribution in [2.24, 2.45) is 7.05 Å². The number of fused-ring (bicyclic) bond motifs is 1. The smallest absolute Gasteiger partial charge is 0.186 e. The van der Waals surface area contributed by atoms with Gasteiger partial charge >= 0.3 is 0 Å². The van der Waals surface area contributed by atoms with Crippen LogP contribution in [0.5, 0.6) is 0 Å². The maximum Gasteiger partial charge on any atom is 0.186 e. The summed E-state index contributed by atoms with van der Waals surface area (Å²) in [6.45, 7) is 1.66. The Bertz CT molecular complexity index is 911. The van der Waals surface area contributed by atoms with Gasteiger partial charge in [-0.15, -0.1) is 0 Å². The lowest BCUT2D eigenvalue weighted by molar-refractivity contribution is 0.448. The number of hydrogen-bond acceptors (Lipinski definition) is 2. The molecule has 9 heteroatoms. The van der Waals surface area contributed by atoms with Gasteiger partial charge in [0.1, 0.15) is 11.2 Å². The van der Waals surface area contributed by atoms with Crippen molar-refractivity contribution in [1.29, 1.82) is 0 Å². The average molecular weight is 316 g/mol. The Morgan fingerprint density at radius 2 is 1.71 bits per heavy atom. The summed E-state index contributed by atoms with van der Waals surface area (Å²) >= 11 is 5.00. The first kappa shape index (κ1) is 13.8.